The highest BCUT2D eigenvalue weighted by Gasteiger charge is 2.13. The van der Waals surface area contributed by atoms with Gasteiger partial charge in [0.05, 0.1) is 14.2 Å². The molecule has 0 radical (unpaired) electrons. The maximum absolute atomic E-state index is 5.41. The van der Waals surface area contributed by atoms with Crippen LogP contribution in [0.3, 0.4) is 0 Å². The molecule has 2 aromatic carbocycles. The zero-order valence-electron chi connectivity index (χ0n) is 12.9. The third-order valence-electron chi connectivity index (χ3n) is 3.52. The summed E-state index contributed by atoms with van der Waals surface area (Å²) in [6.45, 7) is 0.310. The number of ether oxygens (including phenoxy) is 4. The topological polar surface area (TPSA) is 36.9 Å². The van der Waals surface area contributed by atoms with Crippen LogP contribution in [0.1, 0.15) is 11.1 Å². The molecule has 3 rings (SSSR count). The Bertz CT molecular complexity index is 705. The van der Waals surface area contributed by atoms with Crippen molar-refractivity contribution in [3.8, 4) is 23.0 Å². The third kappa shape index (κ3) is 3.70. The number of benzene rings is 2. The van der Waals surface area contributed by atoms with Crippen molar-refractivity contribution in [3.05, 3.63) is 45.9 Å². The molecule has 1 aliphatic heterocycles. The van der Waals surface area contributed by atoms with Gasteiger partial charge in [-0.2, -0.15) is 11.8 Å². The summed E-state index contributed by atoms with van der Waals surface area (Å²) in [5, 5.41) is 0. The Balaban J connectivity index is 1.64. The van der Waals surface area contributed by atoms with E-state index in [1.54, 1.807) is 14.2 Å². The van der Waals surface area contributed by atoms with Crippen molar-refractivity contribution in [1.82, 2.24) is 0 Å². The molecule has 0 spiro atoms. The van der Waals surface area contributed by atoms with Crippen LogP contribution in [0.15, 0.2) is 34.8 Å². The molecule has 0 saturated heterocycles. The van der Waals surface area contributed by atoms with Crippen molar-refractivity contribution in [2.75, 3.05) is 21.0 Å². The highest BCUT2D eigenvalue weighted by atomic mass is 79.9. The monoisotopic (exact) mass is 396 g/mol. The second kappa shape index (κ2) is 7.36. The minimum Gasteiger partial charge on any atom is -0.493 e. The lowest BCUT2D eigenvalue weighted by atomic mass is 10.2. The second-order valence-electron chi connectivity index (χ2n) is 4.98. The standard InChI is InChI=1S/C17H17BrO4S/c1-19-15-6-12(13(18)7-16(15)20-2)9-23-8-11-3-4-14-17(5-11)22-10-21-14/h3-7H,8-10H2,1-2H3. The minimum atomic E-state index is 0.310. The zero-order chi connectivity index (χ0) is 16.2. The van der Waals surface area contributed by atoms with E-state index in [4.69, 9.17) is 18.9 Å². The van der Waals surface area contributed by atoms with Crippen molar-refractivity contribution in [2.24, 2.45) is 0 Å². The van der Waals surface area contributed by atoms with E-state index in [1.807, 2.05) is 36.0 Å². The average Bonchev–Trinajstić information content (AvgIpc) is 3.03. The third-order valence-corrected chi connectivity index (χ3v) is 5.31. The molecule has 0 bridgehead atoms. The van der Waals surface area contributed by atoms with Gasteiger partial charge in [-0.3, -0.25) is 0 Å². The molecule has 0 fully saturated rings. The summed E-state index contributed by atoms with van der Waals surface area (Å²) in [6.07, 6.45) is 0. The van der Waals surface area contributed by atoms with E-state index >= 15 is 0 Å². The van der Waals surface area contributed by atoms with Gasteiger partial charge in [0.2, 0.25) is 6.79 Å². The van der Waals surface area contributed by atoms with Gasteiger partial charge in [0.1, 0.15) is 0 Å². The fourth-order valence-corrected chi connectivity index (χ4v) is 3.94. The van der Waals surface area contributed by atoms with Gasteiger partial charge < -0.3 is 18.9 Å². The van der Waals surface area contributed by atoms with E-state index in [9.17, 15) is 0 Å². The van der Waals surface area contributed by atoms with Crippen LogP contribution >= 0.6 is 27.7 Å². The van der Waals surface area contributed by atoms with Gasteiger partial charge in [0.15, 0.2) is 23.0 Å². The van der Waals surface area contributed by atoms with Crippen molar-refractivity contribution in [2.45, 2.75) is 11.5 Å². The van der Waals surface area contributed by atoms with Gasteiger partial charge >= 0.3 is 0 Å². The molecule has 0 aliphatic carbocycles. The lowest BCUT2D eigenvalue weighted by Crippen LogP contribution is -1.94. The van der Waals surface area contributed by atoms with Gasteiger partial charge in [-0.25, -0.2) is 0 Å². The molecule has 0 aromatic heterocycles. The molecule has 0 saturated carbocycles. The molecular formula is C17H17BrO4S. The highest BCUT2D eigenvalue weighted by molar-refractivity contribution is 9.10. The number of rotatable bonds is 6. The Hall–Kier alpha value is -1.53. The quantitative estimate of drug-likeness (QED) is 0.711. The molecule has 6 heteroatoms. The first-order valence-electron chi connectivity index (χ1n) is 7.08. The van der Waals surface area contributed by atoms with Gasteiger partial charge in [0, 0.05) is 16.0 Å². The first kappa shape index (κ1) is 16.3. The number of hydrogen-bond donors (Lipinski definition) is 0. The molecular weight excluding hydrogens is 380 g/mol. The Kier molecular flexibility index (Phi) is 5.23. The summed E-state index contributed by atoms with van der Waals surface area (Å²) in [5.74, 6) is 4.89. The Morgan fingerprint density at radius 3 is 2.52 bits per heavy atom. The predicted octanol–water partition coefficient (Wildman–Crippen LogP) is 4.63. The summed E-state index contributed by atoms with van der Waals surface area (Å²) in [5.41, 5.74) is 2.39. The SMILES string of the molecule is COc1cc(Br)c(CSCc2ccc3c(c2)OCO3)cc1OC. The highest BCUT2D eigenvalue weighted by Crippen LogP contribution is 2.36. The van der Waals surface area contributed by atoms with E-state index in [2.05, 4.69) is 22.0 Å². The average molecular weight is 397 g/mol. The Labute approximate surface area is 148 Å². The van der Waals surface area contributed by atoms with Crippen LogP contribution in [0.2, 0.25) is 0 Å². The zero-order valence-corrected chi connectivity index (χ0v) is 15.3. The van der Waals surface area contributed by atoms with E-state index in [0.29, 0.717) is 6.79 Å². The fourth-order valence-electron chi connectivity index (χ4n) is 2.32. The largest absolute Gasteiger partial charge is 0.493 e. The Morgan fingerprint density at radius 2 is 1.74 bits per heavy atom. The van der Waals surface area contributed by atoms with Crippen molar-refractivity contribution in [3.63, 3.8) is 0 Å². The summed E-state index contributed by atoms with van der Waals surface area (Å²) in [6, 6.07) is 10.0. The predicted molar refractivity (Wildman–Crippen MR) is 94.8 cm³/mol. The molecule has 23 heavy (non-hydrogen) atoms. The van der Waals surface area contributed by atoms with Gasteiger partial charge in [-0.05, 0) is 35.4 Å². The summed E-state index contributed by atoms with van der Waals surface area (Å²) < 4.78 is 22.4. The van der Waals surface area contributed by atoms with E-state index in [0.717, 1.165) is 39.0 Å². The van der Waals surface area contributed by atoms with Crippen LogP contribution in [-0.4, -0.2) is 21.0 Å². The first-order chi connectivity index (χ1) is 11.2. The van der Waals surface area contributed by atoms with Crippen LogP contribution in [0.25, 0.3) is 0 Å². The van der Waals surface area contributed by atoms with Crippen molar-refractivity contribution in [1.29, 1.82) is 0 Å². The molecule has 0 unspecified atom stereocenters. The summed E-state index contributed by atoms with van der Waals surface area (Å²) in [4.78, 5) is 0. The Morgan fingerprint density at radius 1 is 1.00 bits per heavy atom. The number of fused-ring (bicyclic) bond motifs is 1. The maximum atomic E-state index is 5.41. The van der Waals surface area contributed by atoms with E-state index in [1.165, 1.54) is 11.1 Å². The maximum Gasteiger partial charge on any atom is 0.231 e. The normalized spacial score (nSPS) is 12.3. The van der Waals surface area contributed by atoms with Crippen LogP contribution in [0.5, 0.6) is 23.0 Å². The minimum absolute atomic E-state index is 0.310. The van der Waals surface area contributed by atoms with Gasteiger partial charge in [-0.15, -0.1) is 0 Å². The molecule has 1 aliphatic rings. The van der Waals surface area contributed by atoms with E-state index < -0.39 is 0 Å². The van der Waals surface area contributed by atoms with Gasteiger partial charge in [0.25, 0.3) is 0 Å². The smallest absolute Gasteiger partial charge is 0.231 e. The van der Waals surface area contributed by atoms with E-state index in [-0.39, 0.29) is 0 Å². The lowest BCUT2D eigenvalue weighted by molar-refractivity contribution is 0.174. The van der Waals surface area contributed by atoms with Crippen LogP contribution in [-0.2, 0) is 11.5 Å². The summed E-state index contributed by atoms with van der Waals surface area (Å²) >= 11 is 5.42. The van der Waals surface area contributed by atoms with Gasteiger partial charge in [-0.1, -0.05) is 22.0 Å². The molecule has 2 aromatic rings. The molecule has 0 atom stereocenters. The molecule has 0 amide bonds. The van der Waals surface area contributed by atoms with Crippen molar-refractivity contribution >= 4 is 27.7 Å². The fraction of sp³-hybridized carbons (Fsp3) is 0.294. The number of methoxy groups -OCH3 is 2. The van der Waals surface area contributed by atoms with Crippen LogP contribution in [0.4, 0.5) is 0 Å². The second-order valence-corrected chi connectivity index (χ2v) is 6.82. The molecule has 0 N–H and O–H groups in total. The summed E-state index contributed by atoms with van der Waals surface area (Å²) in [7, 11) is 3.29. The number of halogens is 1. The molecule has 1 heterocycles. The molecule has 4 nitrogen and oxygen atoms in total. The lowest BCUT2D eigenvalue weighted by Gasteiger charge is -2.12. The first-order valence-corrected chi connectivity index (χ1v) is 9.02. The molecule has 122 valence electrons. The number of hydrogen-bond acceptors (Lipinski definition) is 5. The van der Waals surface area contributed by atoms with Crippen LogP contribution < -0.4 is 18.9 Å². The van der Waals surface area contributed by atoms with Crippen molar-refractivity contribution < 1.29 is 18.9 Å². The van der Waals surface area contributed by atoms with Crippen LogP contribution in [0, 0.1) is 0 Å². The number of thioether (sulfide) groups is 1.